The summed E-state index contributed by atoms with van der Waals surface area (Å²) in [6, 6.07) is 4.35. The summed E-state index contributed by atoms with van der Waals surface area (Å²) in [4.78, 5) is 12.1. The molecule has 3 rings (SSSR count). The summed E-state index contributed by atoms with van der Waals surface area (Å²) < 4.78 is 33.6. The van der Waals surface area contributed by atoms with E-state index in [1.807, 2.05) is 0 Å². The fourth-order valence-corrected chi connectivity index (χ4v) is 3.34. The van der Waals surface area contributed by atoms with Gasteiger partial charge in [-0.05, 0) is 49.4 Å². The fraction of sp³-hybridized carbons (Fsp3) is 0.500. The van der Waals surface area contributed by atoms with E-state index in [4.69, 9.17) is 14.6 Å². The van der Waals surface area contributed by atoms with Gasteiger partial charge in [-0.1, -0.05) is 0 Å². The van der Waals surface area contributed by atoms with Crippen molar-refractivity contribution < 1.29 is 22.7 Å². The Hall–Kier alpha value is -1.60. The summed E-state index contributed by atoms with van der Waals surface area (Å²) in [5.74, 6) is 0.131. The van der Waals surface area contributed by atoms with E-state index in [1.165, 1.54) is 18.2 Å². The standard InChI is InChI=1S/C14H17NO5S/c15-21(17,18)11-5-6-12-9(7-11)8-13(20-12)14(16)19-10-3-1-2-4-10/h5-7,10,13H,1-4,8H2,(H2,15,17,18). The lowest BCUT2D eigenvalue weighted by Gasteiger charge is -2.15. The van der Waals surface area contributed by atoms with Crippen molar-refractivity contribution in [3.8, 4) is 5.75 Å². The second-order valence-electron chi connectivity index (χ2n) is 5.47. The number of nitrogens with two attached hydrogens (primary N) is 1. The van der Waals surface area contributed by atoms with Crippen LogP contribution < -0.4 is 9.88 Å². The lowest BCUT2D eigenvalue weighted by atomic mass is 10.1. The maximum Gasteiger partial charge on any atom is 0.347 e. The molecule has 1 atom stereocenters. The second kappa shape index (κ2) is 5.31. The van der Waals surface area contributed by atoms with E-state index in [1.54, 1.807) is 0 Å². The summed E-state index contributed by atoms with van der Waals surface area (Å²) in [7, 11) is -3.75. The Morgan fingerprint density at radius 3 is 2.67 bits per heavy atom. The largest absolute Gasteiger partial charge is 0.478 e. The molecule has 114 valence electrons. The lowest BCUT2D eigenvalue weighted by molar-refractivity contribution is -0.156. The molecule has 1 unspecified atom stereocenters. The van der Waals surface area contributed by atoms with E-state index in [2.05, 4.69) is 0 Å². The third kappa shape index (κ3) is 3.03. The van der Waals surface area contributed by atoms with E-state index in [0.29, 0.717) is 17.7 Å². The van der Waals surface area contributed by atoms with Gasteiger partial charge in [0.15, 0.2) is 6.10 Å². The maximum atomic E-state index is 12.1. The quantitative estimate of drug-likeness (QED) is 0.844. The van der Waals surface area contributed by atoms with E-state index in [-0.39, 0.29) is 17.0 Å². The van der Waals surface area contributed by atoms with Crippen LogP contribution in [0, 0.1) is 0 Å². The number of benzene rings is 1. The minimum absolute atomic E-state index is 0.00945. The topological polar surface area (TPSA) is 95.7 Å². The molecule has 0 bridgehead atoms. The van der Waals surface area contributed by atoms with E-state index < -0.39 is 16.1 Å². The van der Waals surface area contributed by atoms with Gasteiger partial charge >= 0.3 is 5.97 Å². The molecule has 6 nitrogen and oxygen atoms in total. The Balaban J connectivity index is 1.70. The molecule has 0 radical (unpaired) electrons. The summed E-state index contributed by atoms with van der Waals surface area (Å²) in [5, 5.41) is 5.09. The molecule has 2 aliphatic rings. The van der Waals surface area contributed by atoms with Crippen LogP contribution in [0.15, 0.2) is 23.1 Å². The summed E-state index contributed by atoms with van der Waals surface area (Å²) in [6.07, 6.45) is 3.58. The molecule has 1 aliphatic carbocycles. The third-order valence-corrected chi connectivity index (χ3v) is 4.79. The minimum atomic E-state index is -3.75. The number of carbonyl (C=O) groups excluding carboxylic acids is 1. The lowest BCUT2D eigenvalue weighted by Crippen LogP contribution is -2.30. The molecule has 0 amide bonds. The normalized spacial score (nSPS) is 21.9. The Labute approximate surface area is 123 Å². The van der Waals surface area contributed by atoms with Crippen LogP contribution in [0.2, 0.25) is 0 Å². The number of ether oxygens (including phenoxy) is 2. The number of sulfonamides is 1. The number of primary sulfonamides is 1. The van der Waals surface area contributed by atoms with Gasteiger partial charge in [0.2, 0.25) is 10.0 Å². The highest BCUT2D eigenvalue weighted by atomic mass is 32.2. The summed E-state index contributed by atoms with van der Waals surface area (Å²) in [5.41, 5.74) is 0.662. The Morgan fingerprint density at radius 1 is 1.29 bits per heavy atom. The summed E-state index contributed by atoms with van der Waals surface area (Å²) >= 11 is 0. The molecule has 1 aromatic carbocycles. The molecule has 21 heavy (non-hydrogen) atoms. The maximum absolute atomic E-state index is 12.1. The molecular formula is C14H17NO5S. The number of carbonyl (C=O) groups is 1. The smallest absolute Gasteiger partial charge is 0.347 e. The predicted octanol–water partition coefficient (Wildman–Crippen LogP) is 1.12. The van der Waals surface area contributed by atoms with Crippen LogP contribution in [0.25, 0.3) is 0 Å². The van der Waals surface area contributed by atoms with Gasteiger partial charge < -0.3 is 9.47 Å². The number of fused-ring (bicyclic) bond motifs is 1. The highest BCUT2D eigenvalue weighted by molar-refractivity contribution is 7.89. The average Bonchev–Trinajstić information content (AvgIpc) is 3.04. The molecule has 1 aromatic rings. The Bertz CT molecular complexity index is 664. The first kappa shape index (κ1) is 14.3. The molecule has 0 aromatic heterocycles. The van der Waals surface area contributed by atoms with Crippen molar-refractivity contribution in [2.75, 3.05) is 0 Å². The van der Waals surface area contributed by atoms with Gasteiger partial charge in [-0.3, -0.25) is 0 Å². The van der Waals surface area contributed by atoms with Crippen LogP contribution in [0.4, 0.5) is 0 Å². The van der Waals surface area contributed by atoms with Gasteiger partial charge in [0.1, 0.15) is 11.9 Å². The van der Waals surface area contributed by atoms with Crippen molar-refractivity contribution >= 4 is 16.0 Å². The molecule has 1 fully saturated rings. The average molecular weight is 311 g/mol. The predicted molar refractivity (Wildman–Crippen MR) is 74.3 cm³/mol. The molecular weight excluding hydrogens is 294 g/mol. The Morgan fingerprint density at radius 2 is 2.00 bits per heavy atom. The van der Waals surface area contributed by atoms with Gasteiger partial charge in [0.25, 0.3) is 0 Å². The Kier molecular flexibility index (Phi) is 3.62. The van der Waals surface area contributed by atoms with Crippen LogP contribution >= 0.6 is 0 Å². The van der Waals surface area contributed by atoms with Crippen LogP contribution in [-0.2, 0) is 26.0 Å². The highest BCUT2D eigenvalue weighted by Gasteiger charge is 2.33. The summed E-state index contributed by atoms with van der Waals surface area (Å²) in [6.45, 7) is 0. The van der Waals surface area contributed by atoms with Crippen LogP contribution in [0.1, 0.15) is 31.2 Å². The molecule has 7 heteroatoms. The first-order chi connectivity index (χ1) is 9.93. The molecule has 1 saturated carbocycles. The van der Waals surface area contributed by atoms with Gasteiger partial charge in [0, 0.05) is 6.42 Å². The zero-order valence-corrected chi connectivity index (χ0v) is 12.3. The van der Waals surface area contributed by atoms with Crippen molar-refractivity contribution in [3.63, 3.8) is 0 Å². The monoisotopic (exact) mass is 311 g/mol. The van der Waals surface area contributed by atoms with Crippen LogP contribution in [-0.4, -0.2) is 26.6 Å². The molecule has 1 aliphatic heterocycles. The van der Waals surface area contributed by atoms with Crippen molar-refractivity contribution in [3.05, 3.63) is 23.8 Å². The van der Waals surface area contributed by atoms with Crippen molar-refractivity contribution in [2.45, 2.75) is 49.2 Å². The molecule has 0 saturated heterocycles. The van der Waals surface area contributed by atoms with Crippen molar-refractivity contribution in [2.24, 2.45) is 5.14 Å². The van der Waals surface area contributed by atoms with Crippen molar-refractivity contribution in [1.29, 1.82) is 0 Å². The number of esters is 1. The van der Waals surface area contributed by atoms with Crippen LogP contribution in [0.3, 0.4) is 0 Å². The molecule has 0 spiro atoms. The number of hydrogen-bond donors (Lipinski definition) is 1. The van der Waals surface area contributed by atoms with E-state index in [0.717, 1.165) is 25.7 Å². The zero-order chi connectivity index (χ0) is 15.0. The third-order valence-electron chi connectivity index (χ3n) is 3.88. The second-order valence-corrected chi connectivity index (χ2v) is 7.03. The highest BCUT2D eigenvalue weighted by Crippen LogP contribution is 2.32. The SMILES string of the molecule is NS(=O)(=O)c1ccc2c(c1)CC(C(=O)OC1CCCC1)O2. The zero-order valence-electron chi connectivity index (χ0n) is 11.4. The molecule has 2 N–H and O–H groups in total. The first-order valence-corrected chi connectivity index (χ1v) is 8.51. The van der Waals surface area contributed by atoms with Gasteiger partial charge in [-0.25, -0.2) is 18.4 Å². The fourth-order valence-electron chi connectivity index (χ4n) is 2.78. The number of hydrogen-bond acceptors (Lipinski definition) is 5. The molecule has 1 heterocycles. The number of rotatable bonds is 3. The minimum Gasteiger partial charge on any atom is -0.478 e. The van der Waals surface area contributed by atoms with Gasteiger partial charge in [-0.15, -0.1) is 0 Å². The van der Waals surface area contributed by atoms with Gasteiger partial charge in [-0.2, -0.15) is 0 Å². The van der Waals surface area contributed by atoms with E-state index in [9.17, 15) is 13.2 Å². The van der Waals surface area contributed by atoms with Crippen molar-refractivity contribution in [1.82, 2.24) is 0 Å². The van der Waals surface area contributed by atoms with Crippen LogP contribution in [0.5, 0.6) is 5.75 Å². The van der Waals surface area contributed by atoms with E-state index >= 15 is 0 Å². The van der Waals surface area contributed by atoms with Gasteiger partial charge in [0.05, 0.1) is 4.90 Å². The first-order valence-electron chi connectivity index (χ1n) is 6.96.